The number of benzene rings is 2. The van der Waals surface area contributed by atoms with Crippen LogP contribution in [0.2, 0.25) is 0 Å². The number of furan rings is 1. The van der Waals surface area contributed by atoms with Crippen LogP contribution in [0.5, 0.6) is 0 Å². The summed E-state index contributed by atoms with van der Waals surface area (Å²) in [5, 5.41) is 12.6. The molecule has 0 bridgehead atoms. The predicted molar refractivity (Wildman–Crippen MR) is 145 cm³/mol. The van der Waals surface area contributed by atoms with Crippen LogP contribution in [-0.4, -0.2) is 46.8 Å². The number of anilines is 2. The lowest BCUT2D eigenvalue weighted by atomic mass is 9.97. The zero-order valence-electron chi connectivity index (χ0n) is 21.2. The first kappa shape index (κ1) is 23.3. The van der Waals surface area contributed by atoms with Crippen molar-refractivity contribution in [2.45, 2.75) is 26.7 Å². The summed E-state index contributed by atoms with van der Waals surface area (Å²) in [7, 11) is 1.77. The van der Waals surface area contributed by atoms with Crippen LogP contribution in [0, 0.1) is 19.8 Å². The lowest BCUT2D eigenvalue weighted by molar-refractivity contribution is 0.139. The number of hydrogen-bond acceptors (Lipinski definition) is 7. The molecule has 37 heavy (non-hydrogen) atoms. The normalized spacial score (nSPS) is 14.7. The first-order valence-corrected chi connectivity index (χ1v) is 12.6. The number of piperidine rings is 1. The lowest BCUT2D eigenvalue weighted by Gasteiger charge is -2.33. The fraction of sp³-hybridized carbons (Fsp3) is 0.321. The Morgan fingerprint density at radius 2 is 1.84 bits per heavy atom. The monoisotopic (exact) mass is 498 g/mol. The third-order valence-corrected chi connectivity index (χ3v) is 7.42. The standard InChI is InChI=1S/C28H30N6O3/c1-16-4-9-22-21(14-16)17(2)26(37-22)25-23-24(28(35)31-30-27(23)29)32-34(25)20-7-5-19(6-8-20)33-12-10-18(11-13-33)15-36-3/h4-9,14,18H,10-13,15H2,1-3H3,(H2,29,30)(H,31,35). The lowest BCUT2D eigenvalue weighted by Crippen LogP contribution is -2.34. The molecule has 5 aromatic rings. The Morgan fingerprint density at radius 1 is 1.11 bits per heavy atom. The molecule has 1 saturated heterocycles. The van der Waals surface area contributed by atoms with Gasteiger partial charge in [-0.3, -0.25) is 4.79 Å². The number of aromatic amines is 1. The fourth-order valence-corrected chi connectivity index (χ4v) is 5.39. The van der Waals surface area contributed by atoms with Crippen molar-refractivity contribution in [2.75, 3.05) is 37.4 Å². The number of aryl methyl sites for hydroxylation is 2. The number of nitrogen functional groups attached to an aromatic ring is 1. The average Bonchev–Trinajstić information content (AvgIpc) is 3.46. The van der Waals surface area contributed by atoms with Crippen molar-refractivity contribution in [3.63, 3.8) is 0 Å². The number of aromatic nitrogens is 4. The van der Waals surface area contributed by atoms with Crippen LogP contribution in [0.25, 0.3) is 39.0 Å². The Hall–Kier alpha value is -4.11. The molecule has 4 heterocycles. The van der Waals surface area contributed by atoms with Gasteiger partial charge in [0.2, 0.25) is 0 Å². The highest BCUT2D eigenvalue weighted by Gasteiger charge is 2.26. The summed E-state index contributed by atoms with van der Waals surface area (Å²) in [6, 6.07) is 14.3. The molecule has 3 aromatic heterocycles. The van der Waals surface area contributed by atoms with Gasteiger partial charge in [0, 0.05) is 43.4 Å². The summed E-state index contributed by atoms with van der Waals surface area (Å²) in [6.07, 6.45) is 2.23. The Bertz CT molecular complexity index is 1660. The van der Waals surface area contributed by atoms with Crippen LogP contribution in [0.4, 0.5) is 11.5 Å². The molecule has 1 fully saturated rings. The number of nitrogens with one attached hydrogen (secondary N) is 1. The van der Waals surface area contributed by atoms with Crippen molar-refractivity contribution in [2.24, 2.45) is 5.92 Å². The zero-order chi connectivity index (χ0) is 25.7. The summed E-state index contributed by atoms with van der Waals surface area (Å²) in [4.78, 5) is 15.1. The molecule has 0 spiro atoms. The van der Waals surface area contributed by atoms with Crippen molar-refractivity contribution in [1.29, 1.82) is 0 Å². The van der Waals surface area contributed by atoms with E-state index in [1.165, 1.54) is 0 Å². The molecule has 1 aliphatic rings. The van der Waals surface area contributed by atoms with Gasteiger partial charge in [-0.15, -0.1) is 0 Å². The first-order chi connectivity index (χ1) is 17.9. The van der Waals surface area contributed by atoms with E-state index in [4.69, 9.17) is 14.9 Å². The van der Waals surface area contributed by atoms with E-state index < -0.39 is 5.56 Å². The SMILES string of the molecule is COCC1CCN(c2ccc(-n3nc4c(=O)[nH]nc(N)c4c3-c3oc4ccc(C)cc4c3C)cc2)CC1. The molecular weight excluding hydrogens is 468 g/mol. The maximum Gasteiger partial charge on any atom is 0.292 e. The van der Waals surface area contributed by atoms with E-state index in [0.29, 0.717) is 22.8 Å². The topological polar surface area (TPSA) is 115 Å². The Kier molecular flexibility index (Phi) is 5.72. The number of nitrogens with two attached hydrogens (primary N) is 1. The predicted octanol–water partition coefficient (Wildman–Crippen LogP) is 4.58. The summed E-state index contributed by atoms with van der Waals surface area (Å²) >= 11 is 0. The van der Waals surface area contributed by atoms with Crippen molar-refractivity contribution in [3.05, 3.63) is 63.9 Å². The van der Waals surface area contributed by atoms with Crippen LogP contribution in [-0.2, 0) is 4.74 Å². The highest BCUT2D eigenvalue weighted by atomic mass is 16.5. The van der Waals surface area contributed by atoms with Crippen molar-refractivity contribution < 1.29 is 9.15 Å². The Labute approximate surface area is 213 Å². The van der Waals surface area contributed by atoms with Gasteiger partial charge in [-0.05, 0) is 69.0 Å². The molecule has 190 valence electrons. The summed E-state index contributed by atoms with van der Waals surface area (Å²) < 4.78 is 13.4. The second kappa shape index (κ2) is 9.08. The first-order valence-electron chi connectivity index (χ1n) is 12.6. The zero-order valence-corrected chi connectivity index (χ0v) is 21.2. The van der Waals surface area contributed by atoms with Crippen LogP contribution in [0.3, 0.4) is 0 Å². The van der Waals surface area contributed by atoms with E-state index in [1.807, 2.05) is 38.1 Å². The molecule has 6 rings (SSSR count). The minimum absolute atomic E-state index is 0.197. The number of hydrogen-bond donors (Lipinski definition) is 2. The van der Waals surface area contributed by atoms with E-state index in [2.05, 4.69) is 38.4 Å². The molecule has 1 aliphatic heterocycles. The van der Waals surface area contributed by atoms with Crippen LogP contribution in [0.1, 0.15) is 24.0 Å². The van der Waals surface area contributed by atoms with Crippen molar-refractivity contribution >= 4 is 33.4 Å². The molecule has 3 N–H and O–H groups in total. The Morgan fingerprint density at radius 3 is 2.57 bits per heavy atom. The quantitative estimate of drug-likeness (QED) is 0.364. The molecule has 0 amide bonds. The van der Waals surface area contributed by atoms with E-state index in [-0.39, 0.29) is 11.3 Å². The summed E-state index contributed by atoms with van der Waals surface area (Å²) in [5.41, 5.74) is 11.6. The molecule has 9 nitrogen and oxygen atoms in total. The largest absolute Gasteiger partial charge is 0.454 e. The van der Waals surface area contributed by atoms with Crippen molar-refractivity contribution in [1.82, 2.24) is 20.0 Å². The van der Waals surface area contributed by atoms with Gasteiger partial charge in [-0.1, -0.05) is 11.6 Å². The van der Waals surface area contributed by atoms with Gasteiger partial charge in [0.15, 0.2) is 17.1 Å². The van der Waals surface area contributed by atoms with Gasteiger partial charge in [0.1, 0.15) is 11.3 Å². The van der Waals surface area contributed by atoms with E-state index in [9.17, 15) is 4.79 Å². The number of ether oxygens (including phenoxy) is 1. The summed E-state index contributed by atoms with van der Waals surface area (Å²) in [5.74, 6) is 1.43. The second-order valence-electron chi connectivity index (χ2n) is 9.88. The number of H-pyrrole nitrogens is 1. The minimum Gasteiger partial charge on any atom is -0.454 e. The van der Waals surface area contributed by atoms with E-state index >= 15 is 0 Å². The molecule has 0 saturated carbocycles. The highest BCUT2D eigenvalue weighted by molar-refractivity contribution is 6.02. The minimum atomic E-state index is -0.399. The third kappa shape index (κ3) is 3.95. The number of rotatable bonds is 5. The van der Waals surface area contributed by atoms with Gasteiger partial charge in [0.05, 0.1) is 11.1 Å². The van der Waals surface area contributed by atoms with Crippen LogP contribution in [0.15, 0.2) is 51.7 Å². The fourth-order valence-electron chi connectivity index (χ4n) is 5.39. The van der Waals surface area contributed by atoms with Gasteiger partial charge >= 0.3 is 0 Å². The molecule has 0 aliphatic carbocycles. The number of methoxy groups -OCH3 is 1. The molecule has 0 unspecified atom stereocenters. The van der Waals surface area contributed by atoms with Gasteiger partial charge in [-0.2, -0.15) is 10.2 Å². The van der Waals surface area contributed by atoms with Crippen LogP contribution >= 0.6 is 0 Å². The van der Waals surface area contributed by atoms with Gasteiger partial charge in [0.25, 0.3) is 5.56 Å². The maximum absolute atomic E-state index is 12.7. The van der Waals surface area contributed by atoms with E-state index in [1.54, 1.807) is 11.8 Å². The van der Waals surface area contributed by atoms with Crippen molar-refractivity contribution in [3.8, 4) is 17.1 Å². The highest BCUT2D eigenvalue weighted by Crippen LogP contribution is 2.39. The molecule has 9 heteroatoms. The summed E-state index contributed by atoms with van der Waals surface area (Å²) in [6.45, 7) is 6.88. The smallest absolute Gasteiger partial charge is 0.292 e. The van der Waals surface area contributed by atoms with Gasteiger partial charge in [-0.25, -0.2) is 9.78 Å². The molecule has 0 radical (unpaired) electrons. The third-order valence-electron chi connectivity index (χ3n) is 7.42. The second-order valence-corrected chi connectivity index (χ2v) is 9.88. The van der Waals surface area contributed by atoms with Gasteiger partial charge < -0.3 is 19.8 Å². The maximum atomic E-state index is 12.7. The molecular formula is C28H30N6O3. The molecule has 2 aromatic carbocycles. The number of fused-ring (bicyclic) bond motifs is 2. The van der Waals surface area contributed by atoms with E-state index in [0.717, 1.165) is 66.0 Å². The Balaban J connectivity index is 1.46. The average molecular weight is 499 g/mol. The molecule has 0 atom stereocenters. The van der Waals surface area contributed by atoms with Crippen LogP contribution < -0.4 is 16.2 Å². The number of nitrogens with zero attached hydrogens (tertiary/aromatic N) is 4.